The van der Waals surface area contributed by atoms with Gasteiger partial charge in [0, 0.05) is 26.1 Å². The van der Waals surface area contributed by atoms with Crippen molar-refractivity contribution in [2.75, 3.05) is 13.1 Å². The van der Waals surface area contributed by atoms with Crippen LogP contribution in [0.25, 0.3) is 0 Å². The summed E-state index contributed by atoms with van der Waals surface area (Å²) in [7, 11) is 0. The highest BCUT2D eigenvalue weighted by Gasteiger charge is 2.26. The third kappa shape index (κ3) is 4.64. The lowest BCUT2D eigenvalue weighted by atomic mass is 10.0. The second kappa shape index (κ2) is 6.73. The zero-order chi connectivity index (χ0) is 13.7. The van der Waals surface area contributed by atoms with E-state index in [0.29, 0.717) is 19.0 Å². The van der Waals surface area contributed by atoms with Gasteiger partial charge in [-0.05, 0) is 25.2 Å². The Morgan fingerprint density at radius 2 is 1.89 bits per heavy atom. The molecule has 5 heteroatoms. The largest absolute Gasteiger partial charge is 0.353 e. The number of nitrogens with one attached hydrogen (secondary N) is 1. The number of carbonyl (C=O) groups is 2. The average Bonchev–Trinajstić information content (AvgIpc) is 2.27. The molecule has 18 heavy (non-hydrogen) atoms. The number of amides is 2. The van der Waals surface area contributed by atoms with Crippen molar-refractivity contribution in [2.24, 2.45) is 11.7 Å². The first-order chi connectivity index (χ1) is 8.40. The minimum atomic E-state index is -0.387. The van der Waals surface area contributed by atoms with Gasteiger partial charge in [0.05, 0.1) is 6.04 Å². The highest BCUT2D eigenvalue weighted by Crippen LogP contribution is 2.13. The molecule has 3 N–H and O–H groups in total. The van der Waals surface area contributed by atoms with Crippen molar-refractivity contribution in [2.45, 2.75) is 52.1 Å². The fraction of sp³-hybridized carbons (Fsp3) is 0.846. The summed E-state index contributed by atoms with van der Waals surface area (Å²) in [4.78, 5) is 24.8. The van der Waals surface area contributed by atoms with Gasteiger partial charge in [-0.1, -0.05) is 13.8 Å². The zero-order valence-electron chi connectivity index (χ0n) is 11.6. The number of nitrogens with zero attached hydrogens (tertiary/aromatic N) is 1. The molecule has 0 bridgehead atoms. The van der Waals surface area contributed by atoms with Gasteiger partial charge in [0.2, 0.25) is 11.8 Å². The molecule has 1 rings (SSSR count). The van der Waals surface area contributed by atoms with Gasteiger partial charge in [0.25, 0.3) is 0 Å². The second-order valence-corrected chi connectivity index (χ2v) is 5.54. The van der Waals surface area contributed by atoms with Gasteiger partial charge in [-0.2, -0.15) is 0 Å². The van der Waals surface area contributed by atoms with Gasteiger partial charge in [0.15, 0.2) is 0 Å². The number of likely N-dealkylation sites (tertiary alicyclic amines) is 1. The topological polar surface area (TPSA) is 75.4 Å². The molecule has 1 saturated heterocycles. The van der Waals surface area contributed by atoms with E-state index in [9.17, 15) is 9.59 Å². The molecule has 2 amide bonds. The van der Waals surface area contributed by atoms with Crippen molar-refractivity contribution >= 4 is 11.8 Å². The Balaban J connectivity index is 2.38. The van der Waals surface area contributed by atoms with Crippen molar-refractivity contribution in [3.8, 4) is 0 Å². The van der Waals surface area contributed by atoms with Crippen LogP contribution in [0.15, 0.2) is 0 Å². The number of piperidine rings is 1. The van der Waals surface area contributed by atoms with Crippen LogP contribution in [-0.2, 0) is 9.59 Å². The SMILES string of the molecule is CC(=O)NC1CCN(C(=O)C(N)CC(C)C)CC1. The summed E-state index contributed by atoms with van der Waals surface area (Å²) in [6, 6.07) is -0.185. The maximum atomic E-state index is 12.1. The van der Waals surface area contributed by atoms with Crippen molar-refractivity contribution in [3.63, 3.8) is 0 Å². The lowest BCUT2D eigenvalue weighted by molar-refractivity contribution is -0.134. The van der Waals surface area contributed by atoms with Gasteiger partial charge in [-0.15, -0.1) is 0 Å². The van der Waals surface area contributed by atoms with Crippen LogP contribution in [0.5, 0.6) is 0 Å². The summed E-state index contributed by atoms with van der Waals surface area (Å²) >= 11 is 0. The summed E-state index contributed by atoms with van der Waals surface area (Å²) in [5.41, 5.74) is 5.90. The third-order valence-electron chi connectivity index (χ3n) is 3.26. The van der Waals surface area contributed by atoms with E-state index in [1.807, 2.05) is 4.90 Å². The van der Waals surface area contributed by atoms with E-state index >= 15 is 0 Å². The Morgan fingerprint density at radius 1 is 1.33 bits per heavy atom. The smallest absolute Gasteiger partial charge is 0.239 e. The van der Waals surface area contributed by atoms with Gasteiger partial charge < -0.3 is 16.0 Å². The number of carbonyl (C=O) groups excluding carboxylic acids is 2. The van der Waals surface area contributed by atoms with Crippen LogP contribution in [0.2, 0.25) is 0 Å². The first kappa shape index (κ1) is 15.0. The fourth-order valence-electron chi connectivity index (χ4n) is 2.37. The van der Waals surface area contributed by atoms with Crippen molar-refractivity contribution in [3.05, 3.63) is 0 Å². The molecule has 0 aromatic carbocycles. The average molecular weight is 255 g/mol. The van der Waals surface area contributed by atoms with E-state index < -0.39 is 0 Å². The highest BCUT2D eigenvalue weighted by atomic mass is 16.2. The summed E-state index contributed by atoms with van der Waals surface area (Å²) in [5.74, 6) is 0.474. The predicted octanol–water partition coefficient (Wildman–Crippen LogP) is 0.487. The number of rotatable bonds is 4. The molecule has 0 aliphatic carbocycles. The molecule has 1 fully saturated rings. The molecule has 0 spiro atoms. The molecule has 104 valence electrons. The van der Waals surface area contributed by atoms with Gasteiger partial charge in [-0.3, -0.25) is 9.59 Å². The number of hydrogen-bond donors (Lipinski definition) is 2. The molecular weight excluding hydrogens is 230 g/mol. The zero-order valence-corrected chi connectivity index (χ0v) is 11.6. The molecule has 0 aromatic rings. The van der Waals surface area contributed by atoms with Crippen molar-refractivity contribution in [1.82, 2.24) is 10.2 Å². The first-order valence-corrected chi connectivity index (χ1v) is 6.71. The van der Waals surface area contributed by atoms with E-state index in [4.69, 9.17) is 5.73 Å². The maximum absolute atomic E-state index is 12.1. The molecule has 1 atom stereocenters. The summed E-state index contributed by atoms with van der Waals surface area (Å²) < 4.78 is 0. The lowest BCUT2D eigenvalue weighted by Gasteiger charge is -2.34. The monoisotopic (exact) mass is 255 g/mol. The molecule has 1 heterocycles. The molecule has 0 aromatic heterocycles. The van der Waals surface area contributed by atoms with E-state index in [2.05, 4.69) is 19.2 Å². The van der Waals surface area contributed by atoms with E-state index in [1.54, 1.807) is 0 Å². The minimum Gasteiger partial charge on any atom is -0.353 e. The molecule has 1 aliphatic rings. The lowest BCUT2D eigenvalue weighted by Crippen LogP contribution is -2.51. The van der Waals surface area contributed by atoms with Crippen LogP contribution in [0.1, 0.15) is 40.0 Å². The minimum absolute atomic E-state index is 0.00344. The summed E-state index contributed by atoms with van der Waals surface area (Å²) in [6.07, 6.45) is 2.36. The molecule has 5 nitrogen and oxygen atoms in total. The Morgan fingerprint density at radius 3 is 2.33 bits per heavy atom. The normalized spacial score (nSPS) is 18.8. The Hall–Kier alpha value is -1.10. The molecule has 1 unspecified atom stereocenters. The van der Waals surface area contributed by atoms with Gasteiger partial charge >= 0.3 is 0 Å². The van der Waals surface area contributed by atoms with Gasteiger partial charge in [-0.25, -0.2) is 0 Å². The quantitative estimate of drug-likeness (QED) is 0.767. The molecule has 0 saturated carbocycles. The summed E-state index contributed by atoms with van der Waals surface area (Å²) in [6.45, 7) is 7.04. The van der Waals surface area contributed by atoms with Crippen LogP contribution < -0.4 is 11.1 Å². The van der Waals surface area contributed by atoms with Crippen LogP contribution >= 0.6 is 0 Å². The number of hydrogen-bond acceptors (Lipinski definition) is 3. The Labute approximate surface area is 109 Å². The first-order valence-electron chi connectivity index (χ1n) is 6.71. The Bertz CT molecular complexity index is 297. The van der Waals surface area contributed by atoms with Crippen molar-refractivity contribution in [1.29, 1.82) is 0 Å². The van der Waals surface area contributed by atoms with E-state index in [-0.39, 0.29) is 23.9 Å². The van der Waals surface area contributed by atoms with Crippen LogP contribution in [0, 0.1) is 5.92 Å². The number of nitrogens with two attached hydrogens (primary N) is 1. The van der Waals surface area contributed by atoms with E-state index in [0.717, 1.165) is 19.3 Å². The summed E-state index contributed by atoms with van der Waals surface area (Å²) in [5, 5.41) is 2.89. The predicted molar refractivity (Wildman–Crippen MR) is 70.8 cm³/mol. The highest BCUT2D eigenvalue weighted by molar-refractivity contribution is 5.81. The molecule has 1 aliphatic heterocycles. The third-order valence-corrected chi connectivity index (χ3v) is 3.26. The van der Waals surface area contributed by atoms with Crippen LogP contribution in [-0.4, -0.2) is 41.9 Å². The molecular formula is C13H25N3O2. The standard InChI is InChI=1S/C13H25N3O2/c1-9(2)8-12(14)13(18)16-6-4-11(5-7-16)15-10(3)17/h9,11-12H,4-8,14H2,1-3H3,(H,15,17). The fourth-order valence-corrected chi connectivity index (χ4v) is 2.37. The second-order valence-electron chi connectivity index (χ2n) is 5.54. The Kier molecular flexibility index (Phi) is 5.59. The van der Waals surface area contributed by atoms with E-state index in [1.165, 1.54) is 6.92 Å². The van der Waals surface area contributed by atoms with Gasteiger partial charge in [0.1, 0.15) is 0 Å². The van der Waals surface area contributed by atoms with Crippen LogP contribution in [0.4, 0.5) is 0 Å². The van der Waals surface area contributed by atoms with Crippen LogP contribution in [0.3, 0.4) is 0 Å². The molecule has 0 radical (unpaired) electrons. The maximum Gasteiger partial charge on any atom is 0.239 e. The van der Waals surface area contributed by atoms with Crippen molar-refractivity contribution < 1.29 is 9.59 Å².